The number of nitrogens with zero attached hydrogens (tertiary/aromatic N) is 1. The van der Waals surface area contributed by atoms with E-state index in [2.05, 4.69) is 43.2 Å². The largest absolute Gasteiger partial charge is 0.373 e. The maximum absolute atomic E-state index is 3.28. The van der Waals surface area contributed by atoms with Gasteiger partial charge in [0.25, 0.3) is 0 Å². The zero-order valence-corrected chi connectivity index (χ0v) is 10.1. The average Bonchev–Trinajstić information content (AvgIpc) is 2.43. The van der Waals surface area contributed by atoms with Crippen LogP contribution >= 0.6 is 0 Å². The summed E-state index contributed by atoms with van der Waals surface area (Å²) in [4.78, 5) is 2.38. The predicted molar refractivity (Wildman–Crippen MR) is 65.9 cm³/mol. The van der Waals surface area contributed by atoms with Crippen molar-refractivity contribution in [3.05, 3.63) is 28.8 Å². The molecule has 15 heavy (non-hydrogen) atoms. The first-order chi connectivity index (χ1) is 7.13. The van der Waals surface area contributed by atoms with Crippen LogP contribution in [0.2, 0.25) is 0 Å². The Morgan fingerprint density at radius 3 is 2.80 bits per heavy atom. The minimum absolute atomic E-state index is 0.647. The van der Waals surface area contributed by atoms with Crippen LogP contribution in [-0.2, 0) is 0 Å². The number of likely N-dealkylation sites (N-methyl/N-ethyl adjacent to an activating group) is 2. The fraction of sp³-hybridized carbons (Fsp3) is 0.538. The molecule has 2 nitrogen and oxygen atoms in total. The average molecular weight is 204 g/mol. The Morgan fingerprint density at radius 2 is 2.13 bits per heavy atom. The van der Waals surface area contributed by atoms with Crippen LogP contribution in [0.5, 0.6) is 0 Å². The minimum Gasteiger partial charge on any atom is -0.373 e. The fourth-order valence-electron chi connectivity index (χ4n) is 2.77. The lowest BCUT2D eigenvalue weighted by Gasteiger charge is -2.15. The van der Waals surface area contributed by atoms with Gasteiger partial charge >= 0.3 is 0 Å². The summed E-state index contributed by atoms with van der Waals surface area (Å²) in [6.45, 7) is 6.60. The lowest BCUT2D eigenvalue weighted by atomic mass is 9.97. The molecule has 1 aliphatic heterocycles. The number of hydrogen-bond donors (Lipinski definition) is 1. The second-order valence-corrected chi connectivity index (χ2v) is 4.65. The van der Waals surface area contributed by atoms with E-state index < -0.39 is 0 Å². The van der Waals surface area contributed by atoms with Crippen LogP contribution in [-0.4, -0.2) is 27.2 Å². The van der Waals surface area contributed by atoms with Crippen LogP contribution in [0.25, 0.3) is 0 Å². The Hall–Kier alpha value is -1.02. The SMILES string of the molecule is CNCC1CN(C)c2c(C)cc(C)cc21. The van der Waals surface area contributed by atoms with E-state index in [1.165, 1.54) is 22.4 Å². The third-order valence-electron chi connectivity index (χ3n) is 3.24. The molecule has 82 valence electrons. The molecule has 0 saturated carbocycles. The van der Waals surface area contributed by atoms with Gasteiger partial charge in [0.15, 0.2) is 0 Å². The highest BCUT2D eigenvalue weighted by molar-refractivity contribution is 5.65. The fourth-order valence-corrected chi connectivity index (χ4v) is 2.77. The van der Waals surface area contributed by atoms with E-state index in [1.807, 2.05) is 7.05 Å². The van der Waals surface area contributed by atoms with Gasteiger partial charge in [0.05, 0.1) is 0 Å². The van der Waals surface area contributed by atoms with Gasteiger partial charge in [0, 0.05) is 31.7 Å². The summed E-state index contributed by atoms with van der Waals surface area (Å²) in [6, 6.07) is 4.62. The van der Waals surface area contributed by atoms with Gasteiger partial charge < -0.3 is 10.2 Å². The second-order valence-electron chi connectivity index (χ2n) is 4.65. The van der Waals surface area contributed by atoms with E-state index in [9.17, 15) is 0 Å². The molecule has 0 aliphatic carbocycles. The highest BCUT2D eigenvalue weighted by Crippen LogP contribution is 2.38. The molecular formula is C13H20N2. The van der Waals surface area contributed by atoms with Crippen LogP contribution < -0.4 is 10.2 Å². The van der Waals surface area contributed by atoms with Crippen LogP contribution in [0.4, 0.5) is 5.69 Å². The van der Waals surface area contributed by atoms with Crippen molar-refractivity contribution in [3.63, 3.8) is 0 Å². The number of benzene rings is 1. The third-order valence-corrected chi connectivity index (χ3v) is 3.24. The molecule has 1 atom stereocenters. The van der Waals surface area contributed by atoms with Crippen LogP contribution in [0.1, 0.15) is 22.6 Å². The molecule has 0 fully saturated rings. The molecule has 2 rings (SSSR count). The lowest BCUT2D eigenvalue weighted by Crippen LogP contribution is -2.22. The van der Waals surface area contributed by atoms with Crippen molar-refractivity contribution in [2.45, 2.75) is 19.8 Å². The third kappa shape index (κ3) is 1.74. The van der Waals surface area contributed by atoms with Crippen molar-refractivity contribution in [1.29, 1.82) is 0 Å². The molecule has 1 unspecified atom stereocenters. The first kappa shape index (κ1) is 10.5. The van der Waals surface area contributed by atoms with Crippen molar-refractivity contribution >= 4 is 5.69 Å². The van der Waals surface area contributed by atoms with Gasteiger partial charge in [-0.25, -0.2) is 0 Å². The summed E-state index contributed by atoms with van der Waals surface area (Å²) in [5.74, 6) is 0.647. The number of aryl methyl sites for hydroxylation is 2. The first-order valence-corrected chi connectivity index (χ1v) is 5.60. The number of anilines is 1. The van der Waals surface area contributed by atoms with Crippen molar-refractivity contribution in [3.8, 4) is 0 Å². The van der Waals surface area contributed by atoms with Gasteiger partial charge in [-0.2, -0.15) is 0 Å². The van der Waals surface area contributed by atoms with Crippen molar-refractivity contribution in [2.75, 3.05) is 32.1 Å². The summed E-state index contributed by atoms with van der Waals surface area (Å²) in [7, 11) is 4.22. The quantitative estimate of drug-likeness (QED) is 0.793. The van der Waals surface area contributed by atoms with E-state index in [1.54, 1.807) is 0 Å². The highest BCUT2D eigenvalue weighted by Gasteiger charge is 2.27. The zero-order chi connectivity index (χ0) is 11.0. The number of fused-ring (bicyclic) bond motifs is 1. The molecule has 1 N–H and O–H groups in total. The Balaban J connectivity index is 2.45. The van der Waals surface area contributed by atoms with Gasteiger partial charge in [-0.15, -0.1) is 0 Å². The van der Waals surface area contributed by atoms with E-state index in [-0.39, 0.29) is 0 Å². The van der Waals surface area contributed by atoms with Gasteiger partial charge in [0.1, 0.15) is 0 Å². The summed E-state index contributed by atoms with van der Waals surface area (Å²) in [5.41, 5.74) is 5.75. The van der Waals surface area contributed by atoms with Gasteiger partial charge in [-0.05, 0) is 32.0 Å². The predicted octanol–water partition coefficient (Wildman–Crippen LogP) is 2.06. The smallest absolute Gasteiger partial charge is 0.0430 e. The van der Waals surface area contributed by atoms with Gasteiger partial charge in [-0.3, -0.25) is 0 Å². The Kier molecular flexibility index (Phi) is 2.70. The number of hydrogen-bond acceptors (Lipinski definition) is 2. The lowest BCUT2D eigenvalue weighted by molar-refractivity contribution is 0.654. The minimum atomic E-state index is 0.647. The molecule has 0 amide bonds. The molecule has 1 aliphatic rings. The van der Waals surface area contributed by atoms with Crippen LogP contribution in [0.3, 0.4) is 0 Å². The van der Waals surface area contributed by atoms with E-state index >= 15 is 0 Å². The molecule has 1 aromatic rings. The van der Waals surface area contributed by atoms with Gasteiger partial charge in [-0.1, -0.05) is 17.7 Å². The Bertz CT molecular complexity index is 371. The van der Waals surface area contributed by atoms with Crippen LogP contribution in [0, 0.1) is 13.8 Å². The molecule has 0 aromatic heterocycles. The Labute approximate surface area is 92.3 Å². The molecule has 1 heterocycles. The van der Waals surface area contributed by atoms with E-state index in [0.717, 1.165) is 13.1 Å². The van der Waals surface area contributed by atoms with E-state index in [4.69, 9.17) is 0 Å². The number of rotatable bonds is 2. The number of nitrogens with one attached hydrogen (secondary N) is 1. The molecule has 0 bridgehead atoms. The maximum Gasteiger partial charge on any atom is 0.0430 e. The molecular weight excluding hydrogens is 184 g/mol. The second kappa shape index (κ2) is 3.86. The molecule has 0 radical (unpaired) electrons. The standard InChI is InChI=1S/C13H20N2/c1-9-5-10(2)13-12(6-9)11(7-14-3)8-15(13)4/h5-6,11,14H,7-8H2,1-4H3. The highest BCUT2D eigenvalue weighted by atomic mass is 15.1. The molecule has 1 aromatic carbocycles. The van der Waals surface area contributed by atoms with E-state index in [0.29, 0.717) is 5.92 Å². The summed E-state index contributed by atoms with van der Waals surface area (Å²) >= 11 is 0. The molecule has 2 heteroatoms. The molecule has 0 spiro atoms. The van der Waals surface area contributed by atoms with Crippen molar-refractivity contribution < 1.29 is 0 Å². The molecule has 0 saturated heterocycles. The first-order valence-electron chi connectivity index (χ1n) is 5.60. The van der Waals surface area contributed by atoms with Crippen LogP contribution in [0.15, 0.2) is 12.1 Å². The summed E-state index contributed by atoms with van der Waals surface area (Å²) in [6.07, 6.45) is 0. The summed E-state index contributed by atoms with van der Waals surface area (Å²) in [5, 5.41) is 3.28. The maximum atomic E-state index is 3.28. The topological polar surface area (TPSA) is 15.3 Å². The zero-order valence-electron chi connectivity index (χ0n) is 10.1. The monoisotopic (exact) mass is 204 g/mol. The summed E-state index contributed by atoms with van der Waals surface area (Å²) < 4.78 is 0. The Morgan fingerprint density at radius 1 is 1.40 bits per heavy atom. The van der Waals surface area contributed by atoms with Crippen molar-refractivity contribution in [2.24, 2.45) is 0 Å². The normalized spacial score (nSPS) is 19.5. The van der Waals surface area contributed by atoms with Gasteiger partial charge in [0.2, 0.25) is 0 Å². The van der Waals surface area contributed by atoms with Crippen molar-refractivity contribution in [1.82, 2.24) is 5.32 Å².